The second kappa shape index (κ2) is 7.58. The number of fused-ring (bicyclic) bond motifs is 1. The van der Waals surface area contributed by atoms with Crippen molar-refractivity contribution in [3.05, 3.63) is 52.8 Å². The highest BCUT2D eigenvalue weighted by Crippen LogP contribution is 2.30. The van der Waals surface area contributed by atoms with E-state index >= 15 is 0 Å². The average Bonchev–Trinajstić information content (AvgIpc) is 2.91. The molecular formula is C18H20N4O2S. The quantitative estimate of drug-likeness (QED) is 0.675. The maximum absolute atomic E-state index is 12.5. The van der Waals surface area contributed by atoms with E-state index in [0.29, 0.717) is 23.3 Å². The van der Waals surface area contributed by atoms with Crippen LogP contribution in [0.25, 0.3) is 10.1 Å². The normalized spacial score (nSPS) is 11.8. The largest absolute Gasteiger partial charge is 0.508 e. The van der Waals surface area contributed by atoms with Crippen molar-refractivity contribution in [2.45, 2.75) is 13.0 Å². The Bertz CT molecular complexity index is 942. The number of azo groups is 1. The van der Waals surface area contributed by atoms with Crippen LogP contribution in [0, 0.1) is 0 Å². The lowest BCUT2D eigenvalue weighted by Gasteiger charge is -2.08. The lowest BCUT2D eigenvalue weighted by molar-refractivity contribution is 0.389. The molecule has 0 aliphatic heterocycles. The van der Waals surface area contributed by atoms with Gasteiger partial charge in [0.1, 0.15) is 11.4 Å². The Labute approximate surface area is 149 Å². The first-order valence-electron chi connectivity index (χ1n) is 8.03. The summed E-state index contributed by atoms with van der Waals surface area (Å²) in [5.74, 6) is 0.189. The van der Waals surface area contributed by atoms with E-state index < -0.39 is 0 Å². The third-order valence-corrected chi connectivity index (χ3v) is 4.92. The fraction of sp³-hybridized carbons (Fsp3) is 0.278. The summed E-state index contributed by atoms with van der Waals surface area (Å²) in [7, 11) is 4.05. The molecular weight excluding hydrogens is 336 g/mol. The molecule has 3 rings (SSSR count). The molecule has 0 fully saturated rings. The molecule has 1 heterocycles. The van der Waals surface area contributed by atoms with E-state index in [0.717, 1.165) is 17.7 Å². The molecule has 0 saturated heterocycles. The number of phenolic OH excluding ortho intramolecular Hbond substituents is 1. The summed E-state index contributed by atoms with van der Waals surface area (Å²) < 4.78 is 2.63. The summed E-state index contributed by atoms with van der Waals surface area (Å²) in [4.78, 5) is 14.6. The second-order valence-electron chi connectivity index (χ2n) is 6.03. The zero-order valence-electron chi connectivity index (χ0n) is 14.2. The van der Waals surface area contributed by atoms with Gasteiger partial charge in [-0.15, -0.1) is 5.11 Å². The highest BCUT2D eigenvalue weighted by molar-refractivity contribution is 7.14. The number of hydrogen-bond donors (Lipinski definition) is 1. The minimum atomic E-state index is 0.0282. The van der Waals surface area contributed by atoms with E-state index in [9.17, 15) is 9.90 Å². The maximum Gasteiger partial charge on any atom is 0.268 e. The van der Waals surface area contributed by atoms with Crippen molar-refractivity contribution in [2.24, 2.45) is 10.2 Å². The smallest absolute Gasteiger partial charge is 0.268 e. The summed E-state index contributed by atoms with van der Waals surface area (Å²) in [6.45, 7) is 1.64. The minimum Gasteiger partial charge on any atom is -0.508 e. The van der Waals surface area contributed by atoms with Crippen molar-refractivity contribution in [1.82, 2.24) is 8.86 Å². The Morgan fingerprint density at radius 1 is 1.12 bits per heavy atom. The molecule has 0 radical (unpaired) electrons. The van der Waals surface area contributed by atoms with Gasteiger partial charge in [-0.3, -0.25) is 8.75 Å². The Hall–Kier alpha value is -2.51. The molecule has 0 bridgehead atoms. The summed E-state index contributed by atoms with van der Waals surface area (Å²) in [5.41, 5.74) is 1.35. The molecule has 7 heteroatoms. The number of rotatable bonds is 6. The van der Waals surface area contributed by atoms with Gasteiger partial charge in [0.2, 0.25) is 0 Å². The van der Waals surface area contributed by atoms with Gasteiger partial charge in [0.15, 0.2) is 0 Å². The molecule has 0 aliphatic carbocycles. The lowest BCUT2D eigenvalue weighted by Crippen LogP contribution is -2.18. The van der Waals surface area contributed by atoms with Crippen LogP contribution in [0.4, 0.5) is 11.4 Å². The second-order valence-corrected chi connectivity index (χ2v) is 7.06. The van der Waals surface area contributed by atoms with E-state index in [1.807, 2.05) is 32.3 Å². The van der Waals surface area contributed by atoms with Crippen molar-refractivity contribution >= 4 is 33.0 Å². The van der Waals surface area contributed by atoms with Crippen molar-refractivity contribution < 1.29 is 5.11 Å². The summed E-state index contributed by atoms with van der Waals surface area (Å²) in [5, 5.41) is 18.5. The van der Waals surface area contributed by atoms with E-state index in [1.165, 1.54) is 11.5 Å². The van der Waals surface area contributed by atoms with E-state index in [-0.39, 0.29) is 11.3 Å². The molecule has 0 unspecified atom stereocenters. The molecule has 0 atom stereocenters. The Balaban J connectivity index is 1.88. The fourth-order valence-electron chi connectivity index (χ4n) is 2.46. The number of aromatic nitrogens is 1. The summed E-state index contributed by atoms with van der Waals surface area (Å²) >= 11 is 1.43. The van der Waals surface area contributed by atoms with Gasteiger partial charge in [-0.2, -0.15) is 5.11 Å². The summed E-state index contributed by atoms with van der Waals surface area (Å²) in [6.07, 6.45) is 0.921. The van der Waals surface area contributed by atoms with Crippen molar-refractivity contribution in [3.8, 4) is 5.75 Å². The van der Waals surface area contributed by atoms with Crippen LogP contribution in [0.3, 0.4) is 0 Å². The van der Waals surface area contributed by atoms with Crippen molar-refractivity contribution in [1.29, 1.82) is 0 Å². The maximum atomic E-state index is 12.5. The third kappa shape index (κ3) is 4.12. The molecule has 130 valence electrons. The predicted molar refractivity (Wildman–Crippen MR) is 102 cm³/mol. The van der Waals surface area contributed by atoms with Crippen LogP contribution in [0.2, 0.25) is 0 Å². The van der Waals surface area contributed by atoms with Crippen LogP contribution >= 0.6 is 11.5 Å². The zero-order chi connectivity index (χ0) is 17.8. The topological polar surface area (TPSA) is 70.2 Å². The summed E-state index contributed by atoms with van der Waals surface area (Å²) in [6, 6.07) is 12.0. The number of benzene rings is 2. The Kier molecular flexibility index (Phi) is 5.25. The van der Waals surface area contributed by atoms with Crippen LogP contribution in [-0.4, -0.2) is 34.6 Å². The molecule has 6 nitrogen and oxygen atoms in total. The molecule has 2 aromatic carbocycles. The Morgan fingerprint density at radius 3 is 2.60 bits per heavy atom. The van der Waals surface area contributed by atoms with E-state index in [1.54, 1.807) is 28.2 Å². The fourth-order valence-corrected chi connectivity index (χ4v) is 3.54. The SMILES string of the molecule is CN(C)CCCn1sc2c(N=Nc3ccc(O)cc3)cccc2c1=O. The van der Waals surface area contributed by atoms with Crippen LogP contribution in [0.1, 0.15) is 6.42 Å². The van der Waals surface area contributed by atoms with E-state index in [2.05, 4.69) is 15.1 Å². The number of aromatic hydroxyl groups is 1. The van der Waals surface area contributed by atoms with Gasteiger partial charge in [0.25, 0.3) is 5.56 Å². The van der Waals surface area contributed by atoms with Gasteiger partial charge in [-0.1, -0.05) is 17.6 Å². The first-order valence-corrected chi connectivity index (χ1v) is 8.80. The first-order chi connectivity index (χ1) is 12.0. The van der Waals surface area contributed by atoms with Crippen LogP contribution < -0.4 is 5.56 Å². The highest BCUT2D eigenvalue weighted by atomic mass is 32.1. The van der Waals surface area contributed by atoms with Crippen molar-refractivity contribution in [3.63, 3.8) is 0 Å². The molecule has 25 heavy (non-hydrogen) atoms. The van der Waals surface area contributed by atoms with Crippen molar-refractivity contribution in [2.75, 3.05) is 20.6 Å². The number of hydrogen-bond acceptors (Lipinski definition) is 6. The number of phenols is 1. The molecule has 1 N–H and O–H groups in total. The van der Waals surface area contributed by atoms with Crippen LogP contribution in [-0.2, 0) is 6.54 Å². The van der Waals surface area contributed by atoms with Gasteiger partial charge in [-0.25, -0.2) is 0 Å². The first kappa shape index (κ1) is 17.3. The molecule has 0 aliphatic rings. The van der Waals surface area contributed by atoms with Gasteiger partial charge in [0.05, 0.1) is 15.8 Å². The monoisotopic (exact) mass is 356 g/mol. The standard InChI is InChI=1S/C18H20N4O2S/c1-21(2)11-4-12-22-18(24)15-5-3-6-16(17(15)25-22)20-19-13-7-9-14(23)10-8-13/h3,5-10,23H,4,11-12H2,1-2H3. The predicted octanol–water partition coefficient (Wildman–Crippen LogP) is 4.14. The molecule has 0 amide bonds. The van der Waals surface area contributed by atoms with Gasteiger partial charge < -0.3 is 10.0 Å². The van der Waals surface area contributed by atoms with Crippen LogP contribution in [0.5, 0.6) is 5.75 Å². The lowest BCUT2D eigenvalue weighted by atomic mass is 10.2. The number of aryl methyl sites for hydroxylation is 1. The molecule has 0 spiro atoms. The molecule has 0 saturated carbocycles. The molecule has 3 aromatic rings. The number of nitrogens with zero attached hydrogens (tertiary/aromatic N) is 4. The Morgan fingerprint density at radius 2 is 1.88 bits per heavy atom. The zero-order valence-corrected chi connectivity index (χ0v) is 15.0. The minimum absolute atomic E-state index is 0.0282. The highest BCUT2D eigenvalue weighted by Gasteiger charge is 2.11. The van der Waals surface area contributed by atoms with Gasteiger partial charge in [-0.05, 0) is 63.5 Å². The average molecular weight is 356 g/mol. The van der Waals surface area contributed by atoms with E-state index in [4.69, 9.17) is 0 Å². The van der Waals surface area contributed by atoms with Gasteiger partial charge >= 0.3 is 0 Å². The molecule has 1 aromatic heterocycles. The third-order valence-electron chi connectivity index (χ3n) is 3.74. The van der Waals surface area contributed by atoms with Gasteiger partial charge in [0, 0.05) is 6.54 Å². The van der Waals surface area contributed by atoms with Crippen LogP contribution in [0.15, 0.2) is 57.5 Å².